The van der Waals surface area contributed by atoms with Gasteiger partial charge in [-0.1, -0.05) is 13.8 Å². The van der Waals surface area contributed by atoms with Crippen molar-refractivity contribution in [3.8, 4) is 0 Å². The highest BCUT2D eigenvalue weighted by Crippen LogP contribution is 2.20. The fourth-order valence-electron chi connectivity index (χ4n) is 2.64. The van der Waals surface area contributed by atoms with Gasteiger partial charge >= 0.3 is 6.03 Å². The Morgan fingerprint density at radius 2 is 2.38 bits per heavy atom. The number of nitrogens with one attached hydrogen (secondary N) is 1. The van der Waals surface area contributed by atoms with Gasteiger partial charge in [-0.25, -0.2) is 9.78 Å². The van der Waals surface area contributed by atoms with E-state index in [4.69, 9.17) is 5.11 Å². The van der Waals surface area contributed by atoms with Crippen LogP contribution in [0.15, 0.2) is 5.38 Å². The zero-order valence-corrected chi connectivity index (χ0v) is 13.7. The van der Waals surface area contributed by atoms with Crippen molar-refractivity contribution in [2.24, 2.45) is 0 Å². The van der Waals surface area contributed by atoms with Gasteiger partial charge in [-0.2, -0.15) is 0 Å². The van der Waals surface area contributed by atoms with Crippen molar-refractivity contribution >= 4 is 17.4 Å². The highest BCUT2D eigenvalue weighted by Gasteiger charge is 2.26. The van der Waals surface area contributed by atoms with Crippen LogP contribution in [0.25, 0.3) is 0 Å². The predicted molar refractivity (Wildman–Crippen MR) is 84.5 cm³/mol. The minimum Gasteiger partial charge on any atom is -0.396 e. The fraction of sp³-hybridized carbons (Fsp3) is 0.733. The first-order valence-corrected chi connectivity index (χ1v) is 8.59. The molecule has 5 nitrogen and oxygen atoms in total. The van der Waals surface area contributed by atoms with Crippen LogP contribution in [-0.4, -0.2) is 40.2 Å². The molecule has 1 aliphatic rings. The highest BCUT2D eigenvalue weighted by molar-refractivity contribution is 7.09. The maximum atomic E-state index is 12.3. The van der Waals surface area contributed by atoms with Crippen molar-refractivity contribution in [2.75, 3.05) is 13.2 Å². The van der Waals surface area contributed by atoms with Gasteiger partial charge in [0.1, 0.15) is 5.01 Å². The first-order chi connectivity index (χ1) is 10.1. The van der Waals surface area contributed by atoms with Gasteiger partial charge in [0, 0.05) is 24.6 Å². The molecule has 2 rings (SSSR count). The van der Waals surface area contributed by atoms with E-state index in [1.165, 1.54) is 0 Å². The number of likely N-dealkylation sites (tertiary alicyclic amines) is 1. The van der Waals surface area contributed by atoms with Crippen LogP contribution in [-0.2, 0) is 6.54 Å². The molecule has 0 saturated carbocycles. The number of thiazole rings is 1. The minimum atomic E-state index is -0.0329. The Morgan fingerprint density at radius 1 is 1.57 bits per heavy atom. The number of urea groups is 1. The normalized spacial score (nSPS) is 19.0. The zero-order valence-electron chi connectivity index (χ0n) is 12.8. The second-order valence-electron chi connectivity index (χ2n) is 5.83. The lowest BCUT2D eigenvalue weighted by atomic mass is 10.0. The Bertz CT molecular complexity index is 460. The van der Waals surface area contributed by atoms with E-state index in [2.05, 4.69) is 29.5 Å². The maximum Gasteiger partial charge on any atom is 0.317 e. The minimum absolute atomic E-state index is 0.0329. The third-order valence-electron chi connectivity index (χ3n) is 3.90. The number of rotatable bonds is 5. The molecule has 118 valence electrons. The van der Waals surface area contributed by atoms with Crippen LogP contribution in [0.2, 0.25) is 0 Å². The lowest BCUT2D eigenvalue weighted by Gasteiger charge is -2.35. The molecule has 1 unspecified atom stereocenters. The smallest absolute Gasteiger partial charge is 0.317 e. The van der Waals surface area contributed by atoms with Gasteiger partial charge in [-0.3, -0.25) is 0 Å². The van der Waals surface area contributed by atoms with E-state index in [1.807, 2.05) is 4.90 Å². The average molecular weight is 311 g/mol. The number of aliphatic hydroxyl groups is 1. The van der Waals surface area contributed by atoms with E-state index >= 15 is 0 Å². The summed E-state index contributed by atoms with van der Waals surface area (Å²) in [5, 5.41) is 15.1. The Balaban J connectivity index is 1.87. The number of aromatic nitrogens is 1. The number of carbonyl (C=O) groups excluding carboxylic acids is 1. The third-order valence-corrected chi connectivity index (χ3v) is 4.77. The Labute approximate surface area is 130 Å². The lowest BCUT2D eigenvalue weighted by molar-refractivity contribution is 0.131. The summed E-state index contributed by atoms with van der Waals surface area (Å²) < 4.78 is 0. The quantitative estimate of drug-likeness (QED) is 0.878. The number of hydrogen-bond donors (Lipinski definition) is 2. The molecule has 1 fully saturated rings. The van der Waals surface area contributed by atoms with Gasteiger partial charge < -0.3 is 15.3 Å². The van der Waals surface area contributed by atoms with Crippen LogP contribution in [0.5, 0.6) is 0 Å². The molecule has 1 aromatic rings. The van der Waals surface area contributed by atoms with Crippen LogP contribution in [0.1, 0.15) is 56.2 Å². The molecule has 1 saturated heterocycles. The van der Waals surface area contributed by atoms with Crippen molar-refractivity contribution in [2.45, 2.75) is 58.0 Å². The monoisotopic (exact) mass is 311 g/mol. The van der Waals surface area contributed by atoms with Crippen molar-refractivity contribution in [1.82, 2.24) is 15.2 Å². The van der Waals surface area contributed by atoms with Crippen molar-refractivity contribution in [3.63, 3.8) is 0 Å². The van der Waals surface area contributed by atoms with Gasteiger partial charge in [-0.15, -0.1) is 11.3 Å². The molecular formula is C15H25N3O2S. The number of piperidine rings is 1. The van der Waals surface area contributed by atoms with E-state index in [1.54, 1.807) is 11.3 Å². The maximum absolute atomic E-state index is 12.3. The van der Waals surface area contributed by atoms with Gasteiger partial charge in [0.25, 0.3) is 0 Å². The van der Waals surface area contributed by atoms with E-state index in [-0.39, 0.29) is 18.7 Å². The number of amides is 2. The summed E-state index contributed by atoms with van der Waals surface area (Å²) in [6.45, 7) is 5.64. The summed E-state index contributed by atoms with van der Waals surface area (Å²) in [6.07, 6.45) is 3.84. The third kappa shape index (κ3) is 4.41. The van der Waals surface area contributed by atoms with Crippen molar-refractivity contribution in [3.05, 3.63) is 16.1 Å². The molecule has 2 N–H and O–H groups in total. The summed E-state index contributed by atoms with van der Waals surface area (Å²) in [5.41, 5.74) is 1.08. The molecule has 0 bridgehead atoms. The molecule has 1 atom stereocenters. The number of carbonyl (C=O) groups is 1. The molecule has 6 heteroatoms. The predicted octanol–water partition coefficient (Wildman–Crippen LogP) is 2.71. The topological polar surface area (TPSA) is 65.5 Å². The van der Waals surface area contributed by atoms with Gasteiger partial charge in [0.15, 0.2) is 0 Å². The largest absolute Gasteiger partial charge is 0.396 e. The summed E-state index contributed by atoms with van der Waals surface area (Å²) >= 11 is 1.59. The highest BCUT2D eigenvalue weighted by atomic mass is 32.1. The fourth-order valence-corrected chi connectivity index (χ4v) is 3.54. The average Bonchev–Trinajstić information content (AvgIpc) is 2.95. The van der Waals surface area contributed by atoms with Crippen molar-refractivity contribution in [1.29, 1.82) is 0 Å². The summed E-state index contributed by atoms with van der Waals surface area (Å²) in [6, 6.07) is 0.140. The van der Waals surface area contributed by atoms with Crippen LogP contribution < -0.4 is 5.32 Å². The molecule has 1 aliphatic heterocycles. The van der Waals surface area contributed by atoms with E-state index in [0.717, 1.165) is 36.5 Å². The number of nitrogens with zero attached hydrogens (tertiary/aromatic N) is 2. The number of aliphatic hydroxyl groups excluding tert-OH is 1. The van der Waals surface area contributed by atoms with Crippen LogP contribution in [0, 0.1) is 0 Å². The Kier molecular flexibility index (Phi) is 5.99. The van der Waals surface area contributed by atoms with Gasteiger partial charge in [0.05, 0.1) is 12.2 Å². The van der Waals surface area contributed by atoms with E-state index in [0.29, 0.717) is 18.9 Å². The summed E-state index contributed by atoms with van der Waals surface area (Å²) in [7, 11) is 0. The molecule has 2 heterocycles. The van der Waals surface area contributed by atoms with E-state index < -0.39 is 0 Å². The first-order valence-electron chi connectivity index (χ1n) is 7.71. The van der Waals surface area contributed by atoms with Gasteiger partial charge in [-0.05, 0) is 31.6 Å². The molecule has 0 spiro atoms. The molecule has 0 aromatic carbocycles. The molecule has 21 heavy (non-hydrogen) atoms. The van der Waals surface area contributed by atoms with Crippen molar-refractivity contribution < 1.29 is 9.90 Å². The van der Waals surface area contributed by atoms with Crippen LogP contribution in [0.4, 0.5) is 4.79 Å². The molecule has 2 amide bonds. The van der Waals surface area contributed by atoms with E-state index in [9.17, 15) is 4.79 Å². The molecule has 0 aliphatic carbocycles. The second-order valence-corrected chi connectivity index (χ2v) is 6.78. The number of hydrogen-bond acceptors (Lipinski definition) is 4. The first kappa shape index (κ1) is 16.2. The summed E-state index contributed by atoms with van der Waals surface area (Å²) in [5.74, 6) is 0.418. The zero-order chi connectivity index (χ0) is 15.2. The Morgan fingerprint density at radius 3 is 3.05 bits per heavy atom. The lowest BCUT2D eigenvalue weighted by Crippen LogP contribution is -2.48. The van der Waals surface area contributed by atoms with Crippen LogP contribution >= 0.6 is 11.3 Å². The van der Waals surface area contributed by atoms with Gasteiger partial charge in [0.2, 0.25) is 0 Å². The molecule has 0 radical (unpaired) electrons. The van der Waals surface area contributed by atoms with Crippen LogP contribution in [0.3, 0.4) is 0 Å². The second kappa shape index (κ2) is 7.75. The standard InChI is InChI=1S/C15H25N3O2S/c1-11(2)13-10-21-14(17-13)9-16-15(20)18-7-4-3-5-12(18)6-8-19/h10-12,19H,3-9H2,1-2H3,(H,16,20). The molecular weight excluding hydrogens is 286 g/mol. The molecule has 1 aromatic heterocycles. The SMILES string of the molecule is CC(C)c1csc(CNC(=O)N2CCCCC2CCO)n1. The summed E-state index contributed by atoms with van der Waals surface area (Å²) in [4.78, 5) is 18.7. The Hall–Kier alpha value is -1.14.